The summed E-state index contributed by atoms with van der Waals surface area (Å²) >= 11 is 0. The van der Waals surface area contributed by atoms with Gasteiger partial charge in [0.05, 0.1) is 13.2 Å². The Morgan fingerprint density at radius 2 is 1.95 bits per heavy atom. The fraction of sp³-hybridized carbons (Fsp3) is 0.500. The number of rotatable bonds is 6. The lowest BCUT2D eigenvalue weighted by atomic mass is 9.89. The zero-order valence-electron chi connectivity index (χ0n) is 11.2. The maximum Gasteiger partial charge on any atom is 0.343 e. The number of methoxy groups -OCH3 is 2. The quantitative estimate of drug-likeness (QED) is 0.795. The number of benzene rings is 1. The molecule has 1 saturated carbocycles. The largest absolute Gasteiger partial charge is 0.482 e. The maximum atomic E-state index is 10.9. The van der Waals surface area contributed by atoms with Gasteiger partial charge in [0.1, 0.15) is 5.75 Å². The molecule has 5 heteroatoms. The summed E-state index contributed by atoms with van der Waals surface area (Å²) in [5.74, 6) is 0.265. The van der Waals surface area contributed by atoms with Gasteiger partial charge in [0.15, 0.2) is 6.61 Å². The minimum Gasteiger partial charge on any atom is -0.482 e. The first-order chi connectivity index (χ1) is 9.21. The molecule has 1 aromatic carbocycles. The van der Waals surface area contributed by atoms with Crippen LogP contribution in [0.2, 0.25) is 0 Å². The van der Waals surface area contributed by atoms with Crippen LogP contribution in [0.4, 0.5) is 5.69 Å². The molecule has 104 valence electrons. The summed E-state index contributed by atoms with van der Waals surface area (Å²) in [5, 5.41) is 3.42. The number of ether oxygens (including phenoxy) is 3. The van der Waals surface area contributed by atoms with Crippen LogP contribution in [0.15, 0.2) is 24.3 Å². The summed E-state index contributed by atoms with van der Waals surface area (Å²) in [7, 11) is 3.08. The second kappa shape index (κ2) is 6.43. The monoisotopic (exact) mass is 265 g/mol. The van der Waals surface area contributed by atoms with Crippen LogP contribution in [0.5, 0.6) is 5.75 Å². The van der Waals surface area contributed by atoms with E-state index in [1.54, 1.807) is 7.11 Å². The molecule has 1 aliphatic carbocycles. The molecule has 0 bridgehead atoms. The Morgan fingerprint density at radius 1 is 1.26 bits per heavy atom. The lowest BCUT2D eigenvalue weighted by Crippen LogP contribution is -2.40. The number of esters is 1. The van der Waals surface area contributed by atoms with Crippen molar-refractivity contribution in [1.82, 2.24) is 0 Å². The molecule has 0 atom stereocenters. The molecule has 0 heterocycles. The summed E-state index contributed by atoms with van der Waals surface area (Å²) < 4.78 is 15.0. The van der Waals surface area contributed by atoms with Gasteiger partial charge >= 0.3 is 5.97 Å². The standard InChI is InChI=1S/C14H19NO4/c1-17-13-7-11(8-13)15-10-3-5-12(6-4-10)19-9-14(16)18-2/h3-6,11,13,15H,7-9H2,1-2H3. The Kier molecular flexibility index (Phi) is 4.63. The molecule has 0 spiro atoms. The molecular weight excluding hydrogens is 246 g/mol. The summed E-state index contributed by atoms with van der Waals surface area (Å²) in [6.07, 6.45) is 2.47. The highest BCUT2D eigenvalue weighted by Gasteiger charge is 2.28. The normalized spacial score (nSPS) is 21.4. The zero-order chi connectivity index (χ0) is 13.7. The smallest absolute Gasteiger partial charge is 0.343 e. The van der Waals surface area contributed by atoms with Gasteiger partial charge < -0.3 is 19.5 Å². The fourth-order valence-electron chi connectivity index (χ4n) is 1.96. The lowest BCUT2D eigenvalue weighted by molar-refractivity contribution is -0.142. The van der Waals surface area contributed by atoms with Crippen molar-refractivity contribution in [3.63, 3.8) is 0 Å². The summed E-state index contributed by atoms with van der Waals surface area (Å²) in [6, 6.07) is 8.02. The average Bonchev–Trinajstić information content (AvgIpc) is 2.40. The Labute approximate surface area is 112 Å². The summed E-state index contributed by atoms with van der Waals surface area (Å²) in [6.45, 7) is -0.0680. The van der Waals surface area contributed by atoms with E-state index in [-0.39, 0.29) is 12.6 Å². The number of hydrogen-bond acceptors (Lipinski definition) is 5. The Morgan fingerprint density at radius 3 is 2.53 bits per heavy atom. The second-order valence-corrected chi connectivity index (χ2v) is 4.56. The van der Waals surface area contributed by atoms with Crippen molar-refractivity contribution in [3.8, 4) is 5.75 Å². The SMILES string of the molecule is COC(=O)COc1ccc(NC2CC(OC)C2)cc1. The highest BCUT2D eigenvalue weighted by molar-refractivity contribution is 5.70. The molecule has 19 heavy (non-hydrogen) atoms. The second-order valence-electron chi connectivity index (χ2n) is 4.56. The highest BCUT2D eigenvalue weighted by Crippen LogP contribution is 2.27. The van der Waals surface area contributed by atoms with Crippen LogP contribution in [-0.2, 0) is 14.3 Å². The van der Waals surface area contributed by atoms with E-state index in [4.69, 9.17) is 9.47 Å². The third-order valence-corrected chi connectivity index (χ3v) is 3.24. The average molecular weight is 265 g/mol. The third kappa shape index (κ3) is 3.86. The van der Waals surface area contributed by atoms with Crippen LogP contribution >= 0.6 is 0 Å². The molecule has 1 aliphatic rings. The van der Waals surface area contributed by atoms with E-state index in [0.29, 0.717) is 17.9 Å². The molecule has 1 N–H and O–H groups in total. The van der Waals surface area contributed by atoms with Gasteiger partial charge in [-0.3, -0.25) is 0 Å². The minimum absolute atomic E-state index is 0.0680. The van der Waals surface area contributed by atoms with Crippen molar-refractivity contribution in [2.75, 3.05) is 26.1 Å². The first-order valence-electron chi connectivity index (χ1n) is 6.30. The van der Waals surface area contributed by atoms with Crippen molar-refractivity contribution in [2.24, 2.45) is 0 Å². The van der Waals surface area contributed by atoms with E-state index in [1.807, 2.05) is 24.3 Å². The number of anilines is 1. The zero-order valence-corrected chi connectivity index (χ0v) is 11.2. The predicted molar refractivity (Wildman–Crippen MR) is 71.4 cm³/mol. The highest BCUT2D eigenvalue weighted by atomic mass is 16.6. The van der Waals surface area contributed by atoms with Gasteiger partial charge in [0.2, 0.25) is 0 Å². The molecular formula is C14H19NO4. The van der Waals surface area contributed by atoms with Gasteiger partial charge in [0, 0.05) is 18.8 Å². The van der Waals surface area contributed by atoms with Crippen LogP contribution in [-0.4, -0.2) is 38.9 Å². The first kappa shape index (κ1) is 13.7. The number of carbonyl (C=O) groups excluding carboxylic acids is 1. The Hall–Kier alpha value is -1.75. The molecule has 0 saturated heterocycles. The van der Waals surface area contributed by atoms with Gasteiger partial charge in [-0.15, -0.1) is 0 Å². The van der Waals surface area contributed by atoms with Crippen molar-refractivity contribution in [1.29, 1.82) is 0 Å². The third-order valence-electron chi connectivity index (χ3n) is 3.24. The number of nitrogens with one attached hydrogen (secondary N) is 1. The Balaban J connectivity index is 1.77. The molecule has 0 unspecified atom stereocenters. The molecule has 0 radical (unpaired) electrons. The van der Waals surface area contributed by atoms with Crippen LogP contribution in [0, 0.1) is 0 Å². The lowest BCUT2D eigenvalue weighted by Gasteiger charge is -2.35. The van der Waals surface area contributed by atoms with Crippen LogP contribution < -0.4 is 10.1 Å². The van der Waals surface area contributed by atoms with Gasteiger partial charge in [-0.05, 0) is 37.1 Å². The molecule has 5 nitrogen and oxygen atoms in total. The van der Waals surface area contributed by atoms with Gasteiger partial charge in [0.25, 0.3) is 0 Å². The van der Waals surface area contributed by atoms with E-state index in [9.17, 15) is 4.79 Å². The maximum absolute atomic E-state index is 10.9. The summed E-state index contributed by atoms with van der Waals surface area (Å²) in [4.78, 5) is 10.9. The van der Waals surface area contributed by atoms with E-state index < -0.39 is 0 Å². The number of hydrogen-bond donors (Lipinski definition) is 1. The van der Waals surface area contributed by atoms with Gasteiger partial charge in [-0.1, -0.05) is 0 Å². The Bertz CT molecular complexity index is 412. The van der Waals surface area contributed by atoms with Crippen LogP contribution in [0.3, 0.4) is 0 Å². The number of carbonyl (C=O) groups is 1. The van der Waals surface area contributed by atoms with Crippen molar-refractivity contribution in [3.05, 3.63) is 24.3 Å². The topological polar surface area (TPSA) is 56.8 Å². The van der Waals surface area contributed by atoms with E-state index in [2.05, 4.69) is 10.1 Å². The molecule has 1 aromatic rings. The van der Waals surface area contributed by atoms with E-state index in [1.165, 1.54) is 7.11 Å². The van der Waals surface area contributed by atoms with Crippen LogP contribution in [0.1, 0.15) is 12.8 Å². The van der Waals surface area contributed by atoms with E-state index >= 15 is 0 Å². The minimum atomic E-state index is -0.387. The molecule has 0 aliphatic heterocycles. The molecule has 2 rings (SSSR count). The molecule has 0 aromatic heterocycles. The van der Waals surface area contributed by atoms with Gasteiger partial charge in [-0.25, -0.2) is 4.79 Å². The van der Waals surface area contributed by atoms with Crippen molar-refractivity contribution >= 4 is 11.7 Å². The summed E-state index contributed by atoms with van der Waals surface area (Å²) in [5.41, 5.74) is 1.05. The van der Waals surface area contributed by atoms with Crippen molar-refractivity contribution < 1.29 is 19.0 Å². The van der Waals surface area contributed by atoms with Crippen LogP contribution in [0.25, 0.3) is 0 Å². The fourth-order valence-corrected chi connectivity index (χ4v) is 1.96. The predicted octanol–water partition coefficient (Wildman–Crippen LogP) is 1.83. The van der Waals surface area contributed by atoms with Gasteiger partial charge in [-0.2, -0.15) is 0 Å². The molecule has 1 fully saturated rings. The molecule has 0 amide bonds. The van der Waals surface area contributed by atoms with E-state index in [0.717, 1.165) is 18.5 Å². The first-order valence-corrected chi connectivity index (χ1v) is 6.30. The van der Waals surface area contributed by atoms with Crippen molar-refractivity contribution in [2.45, 2.75) is 25.0 Å².